The van der Waals surface area contributed by atoms with Crippen molar-refractivity contribution in [2.24, 2.45) is 23.5 Å². The molecule has 4 aliphatic rings. The van der Waals surface area contributed by atoms with Crippen LogP contribution in [0.1, 0.15) is 63.4 Å². The standard InChI is InChI=1S/C25H38N4O6S.C2HF3O2/c26-8-2-1-3-21(24(32)33)28-36(34,35)29-22(12-16-4-6-20(30)7-5-16)23(31)27-25-13-17-9-18(14-25)11-19(10-17)15-25;3-2(4,5)1(6)7/h4-7,17-19,21-22,28-30H,1-3,8-15,26H2,(H,27,31)(H,32,33);(H,6,7)/t17?,18?,19?,21-,22-,25?;/m0./s1. The average Bonchev–Trinajstić information content (AvgIpc) is 2.87. The number of halogens is 3. The van der Waals surface area contributed by atoms with Gasteiger partial charge in [-0.1, -0.05) is 18.6 Å². The maximum absolute atomic E-state index is 13.6. The molecule has 43 heavy (non-hydrogen) atoms. The lowest BCUT2D eigenvalue weighted by Gasteiger charge is -2.57. The Morgan fingerprint density at radius 1 is 0.930 bits per heavy atom. The number of nitrogens with two attached hydrogens (primary N) is 1. The predicted octanol–water partition coefficient (Wildman–Crippen LogP) is 2.03. The number of alkyl halides is 3. The minimum absolute atomic E-state index is 0.0598. The molecule has 12 nitrogen and oxygen atoms in total. The monoisotopic (exact) mass is 636 g/mol. The number of nitrogens with one attached hydrogen (secondary N) is 3. The Balaban J connectivity index is 0.000000646. The summed E-state index contributed by atoms with van der Waals surface area (Å²) < 4.78 is 62.3. The molecule has 4 saturated carbocycles. The van der Waals surface area contributed by atoms with Gasteiger partial charge in [0.15, 0.2) is 0 Å². The lowest BCUT2D eigenvalue weighted by Crippen LogP contribution is -2.63. The van der Waals surface area contributed by atoms with E-state index in [0.717, 1.165) is 19.3 Å². The van der Waals surface area contributed by atoms with Gasteiger partial charge in [-0.3, -0.25) is 9.59 Å². The van der Waals surface area contributed by atoms with Crippen molar-refractivity contribution < 1.29 is 51.3 Å². The van der Waals surface area contributed by atoms with Gasteiger partial charge in [0.1, 0.15) is 17.8 Å². The molecular formula is C27H39F3N4O8S. The molecule has 4 bridgehead atoms. The van der Waals surface area contributed by atoms with Crippen LogP contribution in [0.5, 0.6) is 5.75 Å². The molecule has 8 N–H and O–H groups in total. The normalized spacial score (nSPS) is 25.7. The molecule has 1 aromatic rings. The SMILES string of the molecule is NCCCC[C@H](NS(=O)(=O)N[C@@H](Cc1ccc(O)cc1)C(=O)NC12CC3CC(CC(C3)C1)C2)C(=O)O.O=C(O)C(F)(F)F. The molecule has 5 rings (SSSR count). The minimum Gasteiger partial charge on any atom is -0.508 e. The van der Waals surface area contributed by atoms with Crippen LogP contribution in [-0.4, -0.2) is 71.9 Å². The molecule has 0 radical (unpaired) electrons. The van der Waals surface area contributed by atoms with Crippen LogP contribution in [0, 0.1) is 17.8 Å². The van der Waals surface area contributed by atoms with Crippen molar-refractivity contribution in [3.63, 3.8) is 0 Å². The first-order valence-electron chi connectivity index (χ1n) is 14.1. The van der Waals surface area contributed by atoms with E-state index in [-0.39, 0.29) is 24.1 Å². The van der Waals surface area contributed by atoms with Crippen molar-refractivity contribution in [1.82, 2.24) is 14.8 Å². The van der Waals surface area contributed by atoms with Gasteiger partial charge in [-0.05, 0) is 99.8 Å². The van der Waals surface area contributed by atoms with Crippen LogP contribution >= 0.6 is 0 Å². The third-order valence-corrected chi connectivity index (χ3v) is 9.39. The lowest BCUT2D eigenvalue weighted by molar-refractivity contribution is -0.192. The van der Waals surface area contributed by atoms with Gasteiger partial charge in [0.2, 0.25) is 5.91 Å². The first-order valence-corrected chi connectivity index (χ1v) is 15.6. The summed E-state index contributed by atoms with van der Waals surface area (Å²) in [5.74, 6) is -2.57. The number of hydrogen-bond donors (Lipinski definition) is 7. The van der Waals surface area contributed by atoms with Gasteiger partial charge in [-0.25, -0.2) is 4.79 Å². The molecule has 1 aromatic carbocycles. The summed E-state index contributed by atoms with van der Waals surface area (Å²) >= 11 is 0. The van der Waals surface area contributed by atoms with Crippen LogP contribution in [0.4, 0.5) is 13.2 Å². The Kier molecular flexibility index (Phi) is 11.4. The van der Waals surface area contributed by atoms with Crippen LogP contribution in [-0.2, 0) is 31.0 Å². The summed E-state index contributed by atoms with van der Waals surface area (Å²) in [7, 11) is -4.32. The Labute approximate surface area is 247 Å². The Morgan fingerprint density at radius 3 is 1.86 bits per heavy atom. The molecule has 0 aliphatic heterocycles. The summed E-state index contributed by atoms with van der Waals surface area (Å²) in [5, 5.41) is 29.4. The zero-order valence-electron chi connectivity index (χ0n) is 23.5. The van der Waals surface area contributed by atoms with E-state index in [1.54, 1.807) is 12.1 Å². The van der Waals surface area contributed by atoms with Gasteiger partial charge < -0.3 is 26.4 Å². The van der Waals surface area contributed by atoms with Crippen molar-refractivity contribution in [3.8, 4) is 5.75 Å². The van der Waals surface area contributed by atoms with Crippen LogP contribution < -0.4 is 20.5 Å². The van der Waals surface area contributed by atoms with E-state index in [1.807, 2.05) is 0 Å². The molecule has 242 valence electrons. The number of carboxylic acids is 2. The molecule has 0 spiro atoms. The van der Waals surface area contributed by atoms with Crippen LogP contribution in [0.25, 0.3) is 0 Å². The highest BCUT2D eigenvalue weighted by Gasteiger charge is 2.52. The molecule has 2 atom stereocenters. The summed E-state index contributed by atoms with van der Waals surface area (Å²) in [5.41, 5.74) is 5.83. The van der Waals surface area contributed by atoms with Crippen molar-refractivity contribution in [3.05, 3.63) is 29.8 Å². The third-order valence-electron chi connectivity index (χ3n) is 8.20. The van der Waals surface area contributed by atoms with E-state index < -0.39 is 46.3 Å². The number of amides is 1. The van der Waals surface area contributed by atoms with Crippen LogP contribution in [0.2, 0.25) is 0 Å². The van der Waals surface area contributed by atoms with Crippen molar-refractivity contribution in [2.45, 2.75) is 88.0 Å². The van der Waals surface area contributed by atoms with Crippen molar-refractivity contribution in [1.29, 1.82) is 0 Å². The van der Waals surface area contributed by atoms with E-state index in [1.165, 1.54) is 31.4 Å². The summed E-state index contributed by atoms with van der Waals surface area (Å²) in [6.07, 6.45) is 2.50. The fraction of sp³-hybridized carbons (Fsp3) is 0.667. The zero-order valence-corrected chi connectivity index (χ0v) is 24.3. The molecule has 0 unspecified atom stereocenters. The maximum atomic E-state index is 13.6. The van der Waals surface area contributed by atoms with E-state index in [4.69, 9.17) is 15.6 Å². The molecule has 0 aromatic heterocycles. The molecule has 16 heteroatoms. The van der Waals surface area contributed by atoms with Crippen LogP contribution in [0.3, 0.4) is 0 Å². The highest BCUT2D eigenvalue weighted by molar-refractivity contribution is 7.87. The molecule has 4 aliphatic carbocycles. The number of rotatable bonds is 13. The molecule has 1 amide bonds. The van der Waals surface area contributed by atoms with E-state index in [0.29, 0.717) is 42.7 Å². The topological polar surface area (TPSA) is 208 Å². The van der Waals surface area contributed by atoms with Gasteiger partial charge in [-0.15, -0.1) is 0 Å². The summed E-state index contributed by atoms with van der Waals surface area (Å²) in [6, 6.07) is 3.76. The number of unbranched alkanes of at least 4 members (excludes halogenated alkanes) is 1. The van der Waals surface area contributed by atoms with E-state index >= 15 is 0 Å². The number of hydrogen-bond acceptors (Lipinski definition) is 7. The van der Waals surface area contributed by atoms with Crippen LogP contribution in [0.15, 0.2) is 24.3 Å². The van der Waals surface area contributed by atoms with Gasteiger partial charge in [-0.2, -0.15) is 31.0 Å². The predicted molar refractivity (Wildman–Crippen MR) is 148 cm³/mol. The quantitative estimate of drug-likeness (QED) is 0.158. The third kappa shape index (κ3) is 10.3. The second-order valence-corrected chi connectivity index (χ2v) is 13.3. The Morgan fingerprint density at radius 2 is 1.42 bits per heavy atom. The van der Waals surface area contributed by atoms with Gasteiger partial charge >= 0.3 is 18.1 Å². The number of aliphatic carboxylic acids is 2. The summed E-state index contributed by atoms with van der Waals surface area (Å²) in [4.78, 5) is 34.1. The number of carbonyl (C=O) groups excluding carboxylic acids is 1. The number of phenols is 1. The second-order valence-electron chi connectivity index (χ2n) is 11.8. The van der Waals surface area contributed by atoms with Gasteiger partial charge in [0.25, 0.3) is 10.2 Å². The van der Waals surface area contributed by atoms with Crippen molar-refractivity contribution >= 4 is 28.1 Å². The Hall–Kier alpha value is -2.95. The Bertz CT molecular complexity index is 1210. The van der Waals surface area contributed by atoms with Gasteiger partial charge in [0.05, 0.1) is 0 Å². The molecule has 0 heterocycles. The fourth-order valence-corrected chi connectivity index (χ4v) is 8.03. The maximum Gasteiger partial charge on any atom is 0.490 e. The van der Waals surface area contributed by atoms with Crippen molar-refractivity contribution in [2.75, 3.05) is 6.54 Å². The smallest absolute Gasteiger partial charge is 0.490 e. The number of aromatic hydroxyl groups is 1. The average molecular weight is 637 g/mol. The first kappa shape index (κ1) is 34.5. The number of phenolic OH excluding ortho intramolecular Hbond substituents is 1. The van der Waals surface area contributed by atoms with E-state index in [9.17, 15) is 41.4 Å². The summed E-state index contributed by atoms with van der Waals surface area (Å²) in [6.45, 7) is 0.385. The highest BCUT2D eigenvalue weighted by Crippen LogP contribution is 2.55. The molecule has 0 saturated heterocycles. The fourth-order valence-electron chi connectivity index (χ4n) is 6.80. The van der Waals surface area contributed by atoms with Gasteiger partial charge in [0, 0.05) is 5.54 Å². The number of carbonyl (C=O) groups is 3. The number of carboxylic acid groups (broad SMARTS) is 2. The highest BCUT2D eigenvalue weighted by atomic mass is 32.2. The minimum atomic E-state index is -5.08. The first-order chi connectivity index (χ1) is 20.0. The number of benzene rings is 1. The van der Waals surface area contributed by atoms with E-state index in [2.05, 4.69) is 14.8 Å². The molecular weight excluding hydrogens is 597 g/mol. The molecule has 4 fully saturated rings. The lowest BCUT2D eigenvalue weighted by atomic mass is 9.53. The largest absolute Gasteiger partial charge is 0.508 e. The zero-order chi connectivity index (χ0) is 32.0. The second kappa shape index (κ2) is 14.2.